The third kappa shape index (κ3) is 2.61. The van der Waals surface area contributed by atoms with Crippen LogP contribution >= 0.6 is 0 Å². The molecule has 3 rings (SSSR count). The zero-order chi connectivity index (χ0) is 18.3. The van der Waals surface area contributed by atoms with Gasteiger partial charge >= 0.3 is 0 Å². The summed E-state index contributed by atoms with van der Waals surface area (Å²) in [6.45, 7) is 1.39. The highest BCUT2D eigenvalue weighted by molar-refractivity contribution is 6.21. The van der Waals surface area contributed by atoms with Gasteiger partial charge in [0, 0.05) is 23.8 Å². The molecular formula is C16H11N3O6. The summed E-state index contributed by atoms with van der Waals surface area (Å²) in [5.41, 5.74) is 0.465. The van der Waals surface area contributed by atoms with E-state index in [4.69, 9.17) is 0 Å². The number of hydrogen-bond donors (Lipinski definition) is 0. The first-order chi connectivity index (χ1) is 11.8. The van der Waals surface area contributed by atoms with Crippen LogP contribution in [0, 0.1) is 27.2 Å². The molecule has 2 amide bonds. The van der Waals surface area contributed by atoms with E-state index in [0.717, 1.165) is 17.0 Å². The quantitative estimate of drug-likeness (QED) is 0.478. The predicted octanol–water partition coefficient (Wildman–Crippen LogP) is 2.61. The van der Waals surface area contributed by atoms with Crippen molar-refractivity contribution in [3.05, 3.63) is 78.9 Å². The van der Waals surface area contributed by atoms with Gasteiger partial charge in [-0.1, -0.05) is 12.1 Å². The smallest absolute Gasteiger partial charge is 0.270 e. The molecule has 9 heteroatoms. The normalized spacial score (nSPS) is 13.1. The van der Waals surface area contributed by atoms with Crippen molar-refractivity contribution in [1.82, 2.24) is 4.90 Å². The minimum absolute atomic E-state index is 0.0396. The number of nitro benzene ring substituents is 2. The lowest BCUT2D eigenvalue weighted by Crippen LogP contribution is -2.29. The minimum atomic E-state index is -0.658. The van der Waals surface area contributed by atoms with Crippen molar-refractivity contribution in [3.8, 4) is 0 Å². The molecule has 25 heavy (non-hydrogen) atoms. The predicted molar refractivity (Wildman–Crippen MR) is 85.1 cm³/mol. The Morgan fingerprint density at radius 3 is 2.28 bits per heavy atom. The first kappa shape index (κ1) is 16.2. The number of amides is 2. The molecule has 0 saturated carbocycles. The number of carbonyl (C=O) groups is 2. The first-order valence-electron chi connectivity index (χ1n) is 7.18. The van der Waals surface area contributed by atoms with E-state index in [0.29, 0.717) is 11.1 Å². The topological polar surface area (TPSA) is 124 Å². The fraction of sp³-hybridized carbons (Fsp3) is 0.125. The Morgan fingerprint density at radius 2 is 1.64 bits per heavy atom. The Kier molecular flexibility index (Phi) is 3.76. The maximum absolute atomic E-state index is 12.5. The molecule has 2 aromatic rings. The molecule has 0 atom stereocenters. The van der Waals surface area contributed by atoms with Crippen molar-refractivity contribution >= 4 is 23.2 Å². The molecule has 9 nitrogen and oxygen atoms in total. The summed E-state index contributed by atoms with van der Waals surface area (Å²) >= 11 is 0. The molecule has 0 fully saturated rings. The molecule has 1 aliphatic heterocycles. The summed E-state index contributed by atoms with van der Waals surface area (Å²) in [5, 5.41) is 21.9. The number of carbonyl (C=O) groups excluding carboxylic acids is 2. The van der Waals surface area contributed by atoms with Crippen LogP contribution in [0.25, 0.3) is 0 Å². The van der Waals surface area contributed by atoms with Crippen molar-refractivity contribution in [1.29, 1.82) is 0 Å². The monoisotopic (exact) mass is 341 g/mol. The van der Waals surface area contributed by atoms with Crippen LogP contribution in [0.15, 0.2) is 36.4 Å². The van der Waals surface area contributed by atoms with Gasteiger partial charge in [0.15, 0.2) is 0 Å². The van der Waals surface area contributed by atoms with Gasteiger partial charge in [0.2, 0.25) is 0 Å². The van der Waals surface area contributed by atoms with Gasteiger partial charge in [-0.25, -0.2) is 0 Å². The number of nitro groups is 2. The molecule has 0 spiro atoms. The summed E-state index contributed by atoms with van der Waals surface area (Å²) in [5.74, 6) is -1.24. The van der Waals surface area contributed by atoms with Gasteiger partial charge in [-0.3, -0.25) is 34.7 Å². The van der Waals surface area contributed by atoms with Gasteiger partial charge in [-0.2, -0.15) is 0 Å². The molecule has 2 aromatic carbocycles. The van der Waals surface area contributed by atoms with Gasteiger partial charge in [0.1, 0.15) is 0 Å². The number of hydrogen-bond acceptors (Lipinski definition) is 6. The van der Waals surface area contributed by atoms with E-state index in [2.05, 4.69) is 0 Å². The summed E-state index contributed by atoms with van der Waals surface area (Å²) < 4.78 is 0. The number of fused-ring (bicyclic) bond motifs is 1. The largest absolute Gasteiger partial charge is 0.272 e. The average Bonchev–Trinajstić information content (AvgIpc) is 2.80. The third-order valence-corrected chi connectivity index (χ3v) is 4.11. The van der Waals surface area contributed by atoms with Crippen LogP contribution in [0.1, 0.15) is 31.8 Å². The second-order valence-electron chi connectivity index (χ2n) is 5.50. The Bertz CT molecular complexity index is 953. The second kappa shape index (κ2) is 5.78. The number of benzene rings is 2. The Hall–Kier alpha value is -3.62. The molecular weight excluding hydrogens is 330 g/mol. The molecule has 126 valence electrons. The molecule has 1 heterocycles. The van der Waals surface area contributed by atoms with Crippen LogP contribution < -0.4 is 0 Å². The van der Waals surface area contributed by atoms with Crippen LogP contribution in [0.4, 0.5) is 11.4 Å². The lowest BCUT2D eigenvalue weighted by atomic mass is 10.1. The maximum Gasteiger partial charge on any atom is 0.272 e. The zero-order valence-corrected chi connectivity index (χ0v) is 13.0. The molecule has 0 radical (unpaired) electrons. The van der Waals surface area contributed by atoms with Gasteiger partial charge < -0.3 is 0 Å². The molecule has 0 N–H and O–H groups in total. The Morgan fingerprint density at radius 1 is 0.960 bits per heavy atom. The fourth-order valence-corrected chi connectivity index (χ4v) is 2.75. The van der Waals surface area contributed by atoms with Crippen molar-refractivity contribution in [3.63, 3.8) is 0 Å². The third-order valence-electron chi connectivity index (χ3n) is 4.11. The van der Waals surface area contributed by atoms with Crippen molar-refractivity contribution < 1.29 is 19.4 Å². The summed E-state index contributed by atoms with van der Waals surface area (Å²) in [6, 6.07) is 7.87. The summed E-state index contributed by atoms with van der Waals surface area (Å²) in [6.07, 6.45) is 0. The highest BCUT2D eigenvalue weighted by atomic mass is 16.6. The van der Waals surface area contributed by atoms with Crippen LogP contribution in [0.5, 0.6) is 0 Å². The number of rotatable bonds is 4. The van der Waals surface area contributed by atoms with Gasteiger partial charge in [-0.15, -0.1) is 0 Å². The van der Waals surface area contributed by atoms with E-state index >= 15 is 0 Å². The van der Waals surface area contributed by atoms with Gasteiger partial charge in [0.05, 0.1) is 27.5 Å². The van der Waals surface area contributed by atoms with Crippen molar-refractivity contribution in [2.75, 3.05) is 0 Å². The van der Waals surface area contributed by atoms with Crippen LogP contribution in [-0.2, 0) is 6.54 Å². The van der Waals surface area contributed by atoms with Crippen molar-refractivity contribution in [2.45, 2.75) is 13.5 Å². The molecule has 0 saturated heterocycles. The van der Waals surface area contributed by atoms with Gasteiger partial charge in [0.25, 0.3) is 23.2 Å². The minimum Gasteiger partial charge on any atom is -0.270 e. The molecule has 1 aliphatic rings. The fourth-order valence-electron chi connectivity index (χ4n) is 2.75. The molecule has 0 aliphatic carbocycles. The highest BCUT2D eigenvalue weighted by Gasteiger charge is 2.37. The average molecular weight is 341 g/mol. The molecule has 0 aromatic heterocycles. The van der Waals surface area contributed by atoms with E-state index in [-0.39, 0.29) is 29.0 Å². The van der Waals surface area contributed by atoms with E-state index in [9.17, 15) is 29.8 Å². The van der Waals surface area contributed by atoms with E-state index < -0.39 is 21.7 Å². The van der Waals surface area contributed by atoms with E-state index in [1.54, 1.807) is 6.07 Å². The SMILES string of the molecule is Cc1c(CN2C(=O)c3ccc([N+](=O)[O-])cc3C2=O)cccc1[N+](=O)[O-]. The number of non-ortho nitro benzene ring substituents is 1. The molecule has 0 unspecified atom stereocenters. The zero-order valence-electron chi connectivity index (χ0n) is 13.0. The standard InChI is InChI=1S/C16H11N3O6/c1-9-10(3-2-4-14(9)19(24)25)8-17-15(20)12-6-5-11(18(22)23)7-13(12)16(17)21/h2-7H,8H2,1H3. The van der Waals surface area contributed by atoms with Crippen molar-refractivity contribution in [2.24, 2.45) is 0 Å². The Balaban J connectivity index is 1.97. The summed E-state index contributed by atoms with van der Waals surface area (Å²) in [4.78, 5) is 46.5. The van der Waals surface area contributed by atoms with E-state index in [1.807, 2.05) is 0 Å². The Labute approximate surface area is 140 Å². The maximum atomic E-state index is 12.5. The summed E-state index contributed by atoms with van der Waals surface area (Å²) in [7, 11) is 0. The van der Waals surface area contributed by atoms with Crippen LogP contribution in [0.3, 0.4) is 0 Å². The van der Waals surface area contributed by atoms with Crippen LogP contribution in [-0.4, -0.2) is 26.6 Å². The van der Waals surface area contributed by atoms with Crippen LogP contribution in [0.2, 0.25) is 0 Å². The lowest BCUT2D eigenvalue weighted by molar-refractivity contribution is -0.385. The van der Waals surface area contributed by atoms with E-state index in [1.165, 1.54) is 25.1 Å². The lowest BCUT2D eigenvalue weighted by Gasteiger charge is -2.15. The second-order valence-corrected chi connectivity index (χ2v) is 5.50. The highest BCUT2D eigenvalue weighted by Crippen LogP contribution is 2.29. The number of nitrogens with zero attached hydrogens (tertiary/aromatic N) is 3. The first-order valence-corrected chi connectivity index (χ1v) is 7.18. The number of imide groups is 1. The van der Waals surface area contributed by atoms with Gasteiger partial charge in [-0.05, 0) is 18.6 Å². The molecule has 0 bridgehead atoms.